The van der Waals surface area contributed by atoms with Gasteiger partial charge in [-0.05, 0) is 51.2 Å². The summed E-state index contributed by atoms with van der Waals surface area (Å²) in [6, 6.07) is 6.14. The van der Waals surface area contributed by atoms with Crippen molar-refractivity contribution in [3.05, 3.63) is 36.8 Å². The number of anilines is 3. The molecular weight excluding hydrogens is 352 g/mol. The fourth-order valence-electron chi connectivity index (χ4n) is 3.52. The molecule has 8 nitrogen and oxygen atoms in total. The Morgan fingerprint density at radius 2 is 2.00 bits per heavy atom. The summed E-state index contributed by atoms with van der Waals surface area (Å²) in [5.74, 6) is 1.60. The summed E-state index contributed by atoms with van der Waals surface area (Å²) in [5.41, 5.74) is 7.44. The first-order valence-electron chi connectivity index (χ1n) is 9.91. The Kier molecular flexibility index (Phi) is 5.68. The van der Waals surface area contributed by atoms with Crippen molar-refractivity contribution in [3.8, 4) is 0 Å². The van der Waals surface area contributed by atoms with E-state index in [1.54, 1.807) is 0 Å². The van der Waals surface area contributed by atoms with Gasteiger partial charge in [0.25, 0.3) is 0 Å². The van der Waals surface area contributed by atoms with Crippen LogP contribution in [-0.2, 0) is 6.54 Å². The monoisotopic (exact) mass is 380 g/mol. The Hall–Kier alpha value is -2.71. The van der Waals surface area contributed by atoms with E-state index >= 15 is 0 Å². The summed E-state index contributed by atoms with van der Waals surface area (Å²) in [6.07, 6.45) is 7.82. The lowest BCUT2D eigenvalue weighted by atomic mass is 10.3. The highest BCUT2D eigenvalue weighted by atomic mass is 15.2. The molecule has 28 heavy (non-hydrogen) atoms. The standard InChI is InChI=1S/C20H28N8/c1-26-8-3-10-27(13-12-26)18-5-4-17(15-22-18)24-20-23-14-16-6-11-28(9-2-7-21)19(16)25-20/h4-6,11,14-15H,2-3,7-10,12-13,21H2,1H3,(H,23,24,25). The van der Waals surface area contributed by atoms with Crippen molar-refractivity contribution >= 4 is 28.5 Å². The van der Waals surface area contributed by atoms with Gasteiger partial charge < -0.3 is 25.4 Å². The number of nitrogens with two attached hydrogens (primary N) is 1. The molecule has 0 spiro atoms. The lowest BCUT2D eigenvalue weighted by Crippen LogP contribution is -2.29. The number of fused-ring (bicyclic) bond motifs is 1. The minimum absolute atomic E-state index is 0.575. The van der Waals surface area contributed by atoms with Crippen LogP contribution in [0, 0.1) is 0 Å². The van der Waals surface area contributed by atoms with Crippen LogP contribution in [0.25, 0.3) is 11.0 Å². The van der Waals surface area contributed by atoms with Crippen molar-refractivity contribution in [1.82, 2.24) is 24.4 Å². The van der Waals surface area contributed by atoms with Gasteiger partial charge in [0.1, 0.15) is 11.5 Å². The SMILES string of the molecule is CN1CCCN(c2ccc(Nc3ncc4ccn(CCCN)c4n3)cn2)CC1. The average molecular weight is 381 g/mol. The third-order valence-electron chi connectivity index (χ3n) is 5.15. The molecule has 3 N–H and O–H groups in total. The first kappa shape index (κ1) is 18.6. The van der Waals surface area contributed by atoms with E-state index in [-0.39, 0.29) is 0 Å². The number of nitrogens with zero attached hydrogens (tertiary/aromatic N) is 6. The second kappa shape index (κ2) is 8.53. The first-order valence-corrected chi connectivity index (χ1v) is 9.91. The molecule has 0 aromatic carbocycles. The molecule has 4 rings (SSSR count). The molecule has 0 unspecified atom stereocenters. The van der Waals surface area contributed by atoms with Crippen LogP contribution in [0.4, 0.5) is 17.5 Å². The van der Waals surface area contributed by atoms with Gasteiger partial charge in [-0.25, -0.2) is 9.97 Å². The third kappa shape index (κ3) is 4.23. The molecule has 0 atom stereocenters. The minimum Gasteiger partial charge on any atom is -0.355 e. The molecule has 1 aliphatic heterocycles. The number of likely N-dealkylation sites (N-methyl/N-ethyl adjacent to an activating group) is 1. The molecule has 3 aromatic rings. The molecule has 1 saturated heterocycles. The zero-order chi connectivity index (χ0) is 19.3. The van der Waals surface area contributed by atoms with Crippen LogP contribution in [-0.4, -0.2) is 64.2 Å². The van der Waals surface area contributed by atoms with Crippen LogP contribution in [0.15, 0.2) is 36.8 Å². The average Bonchev–Trinajstić information content (AvgIpc) is 2.98. The van der Waals surface area contributed by atoms with E-state index in [9.17, 15) is 0 Å². The highest BCUT2D eigenvalue weighted by Gasteiger charge is 2.13. The lowest BCUT2D eigenvalue weighted by Gasteiger charge is -2.21. The topological polar surface area (TPSA) is 88.1 Å². The van der Waals surface area contributed by atoms with E-state index < -0.39 is 0 Å². The van der Waals surface area contributed by atoms with Gasteiger partial charge in [-0.2, -0.15) is 4.98 Å². The number of aryl methyl sites for hydroxylation is 1. The van der Waals surface area contributed by atoms with E-state index in [1.165, 1.54) is 0 Å². The van der Waals surface area contributed by atoms with E-state index in [1.807, 2.05) is 30.7 Å². The zero-order valence-corrected chi connectivity index (χ0v) is 16.4. The quantitative estimate of drug-likeness (QED) is 0.677. The van der Waals surface area contributed by atoms with Crippen molar-refractivity contribution in [1.29, 1.82) is 0 Å². The Morgan fingerprint density at radius 3 is 2.82 bits per heavy atom. The molecule has 8 heteroatoms. The van der Waals surface area contributed by atoms with Gasteiger partial charge >= 0.3 is 0 Å². The van der Waals surface area contributed by atoms with Crippen molar-refractivity contribution in [3.63, 3.8) is 0 Å². The third-order valence-corrected chi connectivity index (χ3v) is 5.15. The highest BCUT2D eigenvalue weighted by Crippen LogP contribution is 2.20. The maximum atomic E-state index is 5.63. The minimum atomic E-state index is 0.575. The Balaban J connectivity index is 1.46. The molecule has 0 aliphatic carbocycles. The summed E-state index contributed by atoms with van der Waals surface area (Å²) in [4.78, 5) is 18.5. The normalized spacial score (nSPS) is 15.7. The molecular formula is C20H28N8. The summed E-state index contributed by atoms with van der Waals surface area (Å²) >= 11 is 0. The zero-order valence-electron chi connectivity index (χ0n) is 16.4. The number of rotatable bonds is 6. The number of hydrogen-bond acceptors (Lipinski definition) is 7. The van der Waals surface area contributed by atoms with Crippen LogP contribution in [0.3, 0.4) is 0 Å². The number of nitrogens with one attached hydrogen (secondary N) is 1. The summed E-state index contributed by atoms with van der Waals surface area (Å²) in [6.45, 7) is 5.79. The van der Waals surface area contributed by atoms with E-state index in [0.717, 1.165) is 68.1 Å². The maximum Gasteiger partial charge on any atom is 0.229 e. The summed E-state index contributed by atoms with van der Waals surface area (Å²) in [5, 5.41) is 4.30. The van der Waals surface area contributed by atoms with Gasteiger partial charge in [-0.3, -0.25) is 0 Å². The first-order chi connectivity index (χ1) is 13.7. The Bertz CT molecular complexity index is 904. The van der Waals surface area contributed by atoms with Crippen LogP contribution < -0.4 is 16.0 Å². The molecule has 1 aliphatic rings. The van der Waals surface area contributed by atoms with E-state index in [4.69, 9.17) is 5.73 Å². The maximum absolute atomic E-state index is 5.63. The summed E-state index contributed by atoms with van der Waals surface area (Å²) < 4.78 is 2.12. The molecule has 4 heterocycles. The molecule has 3 aromatic heterocycles. The van der Waals surface area contributed by atoms with E-state index in [0.29, 0.717) is 12.5 Å². The number of pyridine rings is 1. The Labute approximate surface area is 165 Å². The molecule has 1 fully saturated rings. The van der Waals surface area contributed by atoms with Crippen molar-refractivity contribution < 1.29 is 0 Å². The van der Waals surface area contributed by atoms with E-state index in [2.05, 4.69) is 47.7 Å². The summed E-state index contributed by atoms with van der Waals surface area (Å²) in [7, 11) is 2.17. The van der Waals surface area contributed by atoms with Crippen LogP contribution in [0.5, 0.6) is 0 Å². The van der Waals surface area contributed by atoms with Gasteiger partial charge in [0.15, 0.2) is 0 Å². The second-order valence-electron chi connectivity index (χ2n) is 7.30. The second-order valence-corrected chi connectivity index (χ2v) is 7.30. The fraction of sp³-hybridized carbons (Fsp3) is 0.450. The van der Waals surface area contributed by atoms with Crippen molar-refractivity contribution in [2.45, 2.75) is 19.4 Å². The molecule has 0 saturated carbocycles. The molecule has 148 valence electrons. The van der Waals surface area contributed by atoms with Gasteiger partial charge in [0.05, 0.1) is 11.9 Å². The molecule has 0 radical (unpaired) electrons. The predicted molar refractivity (Wildman–Crippen MR) is 113 cm³/mol. The van der Waals surface area contributed by atoms with Crippen LogP contribution in [0.2, 0.25) is 0 Å². The fourth-order valence-corrected chi connectivity index (χ4v) is 3.52. The van der Waals surface area contributed by atoms with Gasteiger partial charge in [-0.1, -0.05) is 0 Å². The van der Waals surface area contributed by atoms with Crippen molar-refractivity contribution in [2.24, 2.45) is 5.73 Å². The molecule has 0 bridgehead atoms. The molecule has 0 amide bonds. The largest absolute Gasteiger partial charge is 0.355 e. The van der Waals surface area contributed by atoms with Gasteiger partial charge in [0, 0.05) is 44.0 Å². The van der Waals surface area contributed by atoms with Gasteiger partial charge in [0.2, 0.25) is 5.95 Å². The Morgan fingerprint density at radius 1 is 1.07 bits per heavy atom. The lowest BCUT2D eigenvalue weighted by molar-refractivity contribution is 0.360. The van der Waals surface area contributed by atoms with Crippen LogP contribution in [0.1, 0.15) is 12.8 Å². The number of aromatic nitrogens is 4. The smallest absolute Gasteiger partial charge is 0.229 e. The predicted octanol–water partition coefficient (Wildman–Crippen LogP) is 2.06. The van der Waals surface area contributed by atoms with Gasteiger partial charge in [-0.15, -0.1) is 0 Å². The number of hydrogen-bond donors (Lipinski definition) is 2. The van der Waals surface area contributed by atoms with Crippen LogP contribution >= 0.6 is 0 Å². The highest BCUT2D eigenvalue weighted by molar-refractivity contribution is 5.76. The van der Waals surface area contributed by atoms with Crippen molar-refractivity contribution in [2.75, 3.05) is 50.0 Å².